The van der Waals surface area contributed by atoms with Gasteiger partial charge >= 0.3 is 0 Å². The van der Waals surface area contributed by atoms with Gasteiger partial charge in [0.2, 0.25) is 0 Å². The maximum Gasteiger partial charge on any atom is 0.251 e. The van der Waals surface area contributed by atoms with Crippen LogP contribution in [0.25, 0.3) is 0 Å². The van der Waals surface area contributed by atoms with E-state index in [0.29, 0.717) is 12.1 Å². The molecule has 0 saturated carbocycles. The summed E-state index contributed by atoms with van der Waals surface area (Å²) in [5, 5.41) is 3.66. The summed E-state index contributed by atoms with van der Waals surface area (Å²) in [5.41, 5.74) is 7.04. The highest BCUT2D eigenvalue weighted by Gasteiger charge is 2.18. The summed E-state index contributed by atoms with van der Waals surface area (Å²) in [4.78, 5) is 13.3. The van der Waals surface area contributed by atoms with E-state index < -0.39 is 5.54 Å². The fourth-order valence-corrected chi connectivity index (χ4v) is 2.86. The van der Waals surface area contributed by atoms with Gasteiger partial charge in [0.05, 0.1) is 0 Å². The first-order chi connectivity index (χ1) is 10.9. The summed E-state index contributed by atoms with van der Waals surface area (Å²) in [7, 11) is 0. The van der Waals surface area contributed by atoms with Gasteiger partial charge in [0, 0.05) is 33.3 Å². The largest absolute Gasteiger partial charge is 0.346 e. The van der Waals surface area contributed by atoms with Crippen molar-refractivity contribution in [2.24, 2.45) is 5.73 Å². The molecular formula is C18H21ClN2OS. The van der Waals surface area contributed by atoms with Gasteiger partial charge in [-0.1, -0.05) is 23.7 Å². The number of carbonyl (C=O) groups excluding carboxylic acids is 1. The highest BCUT2D eigenvalue weighted by Crippen LogP contribution is 2.24. The zero-order chi connectivity index (χ0) is 16.9. The zero-order valence-corrected chi connectivity index (χ0v) is 14.9. The lowest BCUT2D eigenvalue weighted by Gasteiger charge is -2.24. The first-order valence-corrected chi connectivity index (χ1v) is 8.76. The topological polar surface area (TPSA) is 55.1 Å². The molecule has 0 atom stereocenters. The maximum atomic E-state index is 12.2. The summed E-state index contributed by atoms with van der Waals surface area (Å²) in [6, 6.07) is 15.4. The Morgan fingerprint density at radius 2 is 1.74 bits per heavy atom. The van der Waals surface area contributed by atoms with E-state index in [1.807, 2.05) is 62.4 Å². The molecule has 3 nitrogen and oxygen atoms in total. The van der Waals surface area contributed by atoms with Crippen LogP contribution in [0.4, 0.5) is 0 Å². The molecule has 0 heterocycles. The molecule has 2 rings (SSSR count). The fraction of sp³-hybridized carbons (Fsp3) is 0.278. The number of thioether (sulfide) groups is 1. The molecule has 0 aliphatic heterocycles. The van der Waals surface area contributed by atoms with Gasteiger partial charge in [-0.3, -0.25) is 4.79 Å². The van der Waals surface area contributed by atoms with Crippen LogP contribution in [-0.2, 0) is 5.75 Å². The molecule has 5 heteroatoms. The lowest BCUT2D eigenvalue weighted by Crippen LogP contribution is -2.48. The van der Waals surface area contributed by atoms with Crippen molar-refractivity contribution in [2.45, 2.75) is 30.0 Å². The van der Waals surface area contributed by atoms with E-state index >= 15 is 0 Å². The molecule has 0 fully saturated rings. The quantitative estimate of drug-likeness (QED) is 0.773. The van der Waals surface area contributed by atoms with Crippen molar-refractivity contribution in [1.29, 1.82) is 0 Å². The molecule has 1 amide bonds. The third-order valence-electron chi connectivity index (χ3n) is 3.40. The minimum atomic E-state index is -0.403. The predicted octanol–water partition coefficient (Wildman–Crippen LogP) is 4.10. The maximum absolute atomic E-state index is 12.2. The summed E-state index contributed by atoms with van der Waals surface area (Å²) in [5.74, 6) is 0.745. The minimum Gasteiger partial charge on any atom is -0.346 e. The van der Waals surface area contributed by atoms with E-state index in [0.717, 1.165) is 10.8 Å². The zero-order valence-electron chi connectivity index (χ0n) is 13.3. The number of nitrogens with one attached hydrogen (secondary N) is 1. The van der Waals surface area contributed by atoms with Gasteiger partial charge in [-0.2, -0.15) is 0 Å². The van der Waals surface area contributed by atoms with Gasteiger partial charge < -0.3 is 11.1 Å². The Balaban J connectivity index is 1.94. The van der Waals surface area contributed by atoms with Crippen LogP contribution in [0.3, 0.4) is 0 Å². The van der Waals surface area contributed by atoms with Crippen LogP contribution in [0, 0.1) is 0 Å². The van der Waals surface area contributed by atoms with Gasteiger partial charge in [0.25, 0.3) is 5.91 Å². The molecule has 0 aliphatic carbocycles. The summed E-state index contributed by atoms with van der Waals surface area (Å²) in [6.07, 6.45) is 0. The number of benzene rings is 2. The van der Waals surface area contributed by atoms with Crippen LogP contribution in [0.15, 0.2) is 53.4 Å². The van der Waals surface area contributed by atoms with Gasteiger partial charge in [0.1, 0.15) is 0 Å². The van der Waals surface area contributed by atoms with E-state index in [1.54, 1.807) is 11.8 Å². The summed E-state index contributed by atoms with van der Waals surface area (Å²) < 4.78 is 0. The van der Waals surface area contributed by atoms with Crippen LogP contribution in [0.2, 0.25) is 5.02 Å². The van der Waals surface area contributed by atoms with Crippen molar-refractivity contribution in [1.82, 2.24) is 5.32 Å². The second-order valence-electron chi connectivity index (χ2n) is 5.98. The Hall–Kier alpha value is -1.49. The third-order valence-corrected chi connectivity index (χ3v) is 4.73. The smallest absolute Gasteiger partial charge is 0.251 e. The molecule has 0 spiro atoms. The first kappa shape index (κ1) is 17.9. The average Bonchev–Trinajstić information content (AvgIpc) is 2.54. The van der Waals surface area contributed by atoms with Crippen LogP contribution in [0.1, 0.15) is 29.8 Å². The predicted molar refractivity (Wildman–Crippen MR) is 98.1 cm³/mol. The first-order valence-electron chi connectivity index (χ1n) is 7.39. The monoisotopic (exact) mass is 348 g/mol. The Morgan fingerprint density at radius 1 is 1.13 bits per heavy atom. The number of rotatable bonds is 6. The lowest BCUT2D eigenvalue weighted by molar-refractivity contribution is 0.0915. The molecule has 122 valence electrons. The van der Waals surface area contributed by atoms with Crippen LogP contribution in [0.5, 0.6) is 0 Å². The fourth-order valence-electron chi connectivity index (χ4n) is 1.88. The standard InChI is InChI=1S/C18H21ClN2OS/c1-18(2,12-20)21-17(22)14-5-3-13(4-6-14)11-23-16-9-7-15(19)8-10-16/h3-10H,11-12,20H2,1-2H3,(H,21,22). The van der Waals surface area contributed by atoms with Crippen molar-refractivity contribution < 1.29 is 4.79 Å². The number of hydrogen-bond donors (Lipinski definition) is 2. The molecule has 0 saturated heterocycles. The van der Waals surface area contributed by atoms with Gasteiger partial charge in [0.15, 0.2) is 0 Å². The summed E-state index contributed by atoms with van der Waals surface area (Å²) in [6.45, 7) is 4.21. The van der Waals surface area contributed by atoms with Crippen molar-refractivity contribution in [2.75, 3.05) is 6.54 Å². The number of nitrogens with two attached hydrogens (primary N) is 1. The Bertz CT molecular complexity index is 654. The molecular weight excluding hydrogens is 328 g/mol. The second-order valence-corrected chi connectivity index (χ2v) is 7.47. The summed E-state index contributed by atoms with van der Waals surface area (Å²) >= 11 is 7.61. The van der Waals surface area contributed by atoms with E-state index in [2.05, 4.69) is 5.32 Å². The molecule has 0 bridgehead atoms. The molecule has 0 radical (unpaired) electrons. The third kappa shape index (κ3) is 5.57. The van der Waals surface area contributed by atoms with Crippen molar-refractivity contribution in [3.63, 3.8) is 0 Å². The van der Waals surface area contributed by atoms with Crippen LogP contribution >= 0.6 is 23.4 Å². The SMILES string of the molecule is CC(C)(CN)NC(=O)c1ccc(CSc2ccc(Cl)cc2)cc1. The molecule has 23 heavy (non-hydrogen) atoms. The second kappa shape index (κ2) is 7.86. The molecule has 3 N–H and O–H groups in total. The average molecular weight is 349 g/mol. The van der Waals surface area contributed by atoms with E-state index in [1.165, 1.54) is 10.5 Å². The van der Waals surface area contributed by atoms with Gasteiger partial charge in [-0.05, 0) is 55.8 Å². The highest BCUT2D eigenvalue weighted by molar-refractivity contribution is 7.98. The van der Waals surface area contributed by atoms with E-state index in [9.17, 15) is 4.79 Å². The van der Waals surface area contributed by atoms with Crippen molar-refractivity contribution in [3.05, 3.63) is 64.7 Å². The van der Waals surface area contributed by atoms with Gasteiger partial charge in [-0.25, -0.2) is 0 Å². The van der Waals surface area contributed by atoms with Crippen molar-refractivity contribution >= 4 is 29.3 Å². The van der Waals surface area contributed by atoms with Crippen LogP contribution < -0.4 is 11.1 Å². The van der Waals surface area contributed by atoms with E-state index in [-0.39, 0.29) is 5.91 Å². The normalized spacial score (nSPS) is 11.3. The number of amides is 1. The molecule has 2 aromatic carbocycles. The Kier molecular flexibility index (Phi) is 6.10. The van der Waals surface area contributed by atoms with Crippen LogP contribution in [-0.4, -0.2) is 18.0 Å². The lowest BCUT2D eigenvalue weighted by atomic mass is 10.0. The Labute approximate surface area is 146 Å². The molecule has 0 aromatic heterocycles. The molecule has 0 aliphatic rings. The minimum absolute atomic E-state index is 0.0997. The highest BCUT2D eigenvalue weighted by atomic mass is 35.5. The van der Waals surface area contributed by atoms with Crippen molar-refractivity contribution in [3.8, 4) is 0 Å². The van der Waals surface area contributed by atoms with E-state index in [4.69, 9.17) is 17.3 Å². The number of carbonyl (C=O) groups is 1. The van der Waals surface area contributed by atoms with Gasteiger partial charge in [-0.15, -0.1) is 11.8 Å². The number of hydrogen-bond acceptors (Lipinski definition) is 3. The molecule has 0 unspecified atom stereocenters. The Morgan fingerprint density at radius 3 is 2.30 bits per heavy atom. The number of halogens is 1. The molecule has 2 aromatic rings.